The molecule has 1 heterocycles. The van der Waals surface area contributed by atoms with Gasteiger partial charge in [-0.1, -0.05) is 35.5 Å². The summed E-state index contributed by atoms with van der Waals surface area (Å²) in [6.45, 7) is 1.89. The molecule has 0 saturated heterocycles. The number of hydrogen-bond donors (Lipinski definition) is 1. The lowest BCUT2D eigenvalue weighted by Gasteiger charge is -2.14. The van der Waals surface area contributed by atoms with E-state index < -0.39 is 0 Å². The van der Waals surface area contributed by atoms with Crippen LogP contribution in [0.1, 0.15) is 17.0 Å². The highest BCUT2D eigenvalue weighted by molar-refractivity contribution is 7.99. The van der Waals surface area contributed by atoms with Crippen LogP contribution in [0, 0.1) is 6.92 Å². The van der Waals surface area contributed by atoms with E-state index in [9.17, 15) is 4.79 Å². The van der Waals surface area contributed by atoms with Crippen molar-refractivity contribution in [3.05, 3.63) is 53.4 Å². The molecule has 1 N–H and O–H groups in total. The number of carbonyl (C=O) groups excluding carboxylic acids is 1. The summed E-state index contributed by atoms with van der Waals surface area (Å²) in [7, 11) is 1.67. The summed E-state index contributed by atoms with van der Waals surface area (Å²) in [5, 5.41) is 6.44. The molecule has 5 heteroatoms. The van der Waals surface area contributed by atoms with E-state index in [1.54, 1.807) is 18.8 Å². The van der Waals surface area contributed by atoms with Gasteiger partial charge in [-0.3, -0.25) is 4.79 Å². The smallest absolute Gasteiger partial charge is 0.233 e. The van der Waals surface area contributed by atoms with Crippen molar-refractivity contribution in [2.45, 2.75) is 24.3 Å². The average molecular weight is 290 g/mol. The Labute approximate surface area is 122 Å². The minimum atomic E-state index is -0.132. The molecular weight excluding hydrogens is 272 g/mol. The fraction of sp³-hybridized carbons (Fsp3) is 0.333. The van der Waals surface area contributed by atoms with Crippen LogP contribution >= 0.6 is 11.8 Å². The van der Waals surface area contributed by atoms with Crippen LogP contribution in [0.4, 0.5) is 0 Å². The number of thioether (sulfide) groups is 1. The zero-order valence-electron chi connectivity index (χ0n) is 11.6. The van der Waals surface area contributed by atoms with Crippen LogP contribution in [-0.2, 0) is 17.0 Å². The lowest BCUT2D eigenvalue weighted by atomic mass is 10.1. The van der Waals surface area contributed by atoms with Crippen molar-refractivity contribution < 1.29 is 9.32 Å². The van der Waals surface area contributed by atoms with E-state index in [1.807, 2.05) is 43.3 Å². The normalized spacial score (nSPS) is 12.1. The first-order valence-electron chi connectivity index (χ1n) is 6.48. The van der Waals surface area contributed by atoms with E-state index in [0.29, 0.717) is 12.2 Å². The van der Waals surface area contributed by atoms with Gasteiger partial charge in [-0.25, -0.2) is 0 Å². The number of hydrogen-bond acceptors (Lipinski definition) is 4. The molecule has 2 rings (SSSR count). The lowest BCUT2D eigenvalue weighted by molar-refractivity contribution is -0.120. The molecule has 1 aromatic carbocycles. The zero-order valence-corrected chi connectivity index (χ0v) is 12.4. The summed E-state index contributed by atoms with van der Waals surface area (Å²) in [5.41, 5.74) is 2.02. The quantitative estimate of drug-likeness (QED) is 0.888. The Morgan fingerprint density at radius 1 is 1.40 bits per heavy atom. The highest BCUT2D eigenvalue weighted by atomic mass is 32.2. The molecule has 0 spiro atoms. The number of carbonyl (C=O) groups is 1. The van der Waals surface area contributed by atoms with Gasteiger partial charge in [0.25, 0.3) is 0 Å². The molecular formula is C15H18N2O2S. The lowest BCUT2D eigenvalue weighted by Crippen LogP contribution is -2.31. The summed E-state index contributed by atoms with van der Waals surface area (Å²) in [4.78, 5) is 12.0. The van der Waals surface area contributed by atoms with Gasteiger partial charge in [-0.2, -0.15) is 0 Å². The van der Waals surface area contributed by atoms with Crippen LogP contribution in [-0.4, -0.2) is 23.4 Å². The Balaban J connectivity index is 1.98. The molecule has 2 aromatic rings. The highest BCUT2D eigenvalue weighted by Gasteiger charge is 2.19. The van der Waals surface area contributed by atoms with Gasteiger partial charge in [0.05, 0.1) is 16.7 Å². The number of nitrogens with one attached hydrogen (secondary N) is 1. The van der Waals surface area contributed by atoms with Gasteiger partial charge in [0, 0.05) is 13.1 Å². The molecule has 0 bridgehead atoms. The Morgan fingerprint density at radius 2 is 2.15 bits per heavy atom. The molecule has 1 atom stereocenters. The minimum Gasteiger partial charge on any atom is -0.360 e. The van der Waals surface area contributed by atoms with E-state index in [0.717, 1.165) is 17.0 Å². The van der Waals surface area contributed by atoms with Crippen LogP contribution in [0.15, 0.2) is 40.9 Å². The van der Waals surface area contributed by atoms with Gasteiger partial charge in [-0.15, -0.1) is 11.8 Å². The largest absolute Gasteiger partial charge is 0.360 e. The predicted octanol–water partition coefficient (Wildman–Crippen LogP) is 2.57. The van der Waals surface area contributed by atoms with Crippen molar-refractivity contribution in [3.63, 3.8) is 0 Å². The van der Waals surface area contributed by atoms with Gasteiger partial charge in [0.15, 0.2) is 0 Å². The molecule has 1 amide bonds. The van der Waals surface area contributed by atoms with Crippen molar-refractivity contribution in [3.8, 4) is 0 Å². The van der Waals surface area contributed by atoms with Crippen LogP contribution in [0.25, 0.3) is 0 Å². The van der Waals surface area contributed by atoms with Gasteiger partial charge < -0.3 is 9.84 Å². The Hall–Kier alpha value is -1.75. The summed E-state index contributed by atoms with van der Waals surface area (Å²) in [5.74, 6) is 1.48. The number of amides is 1. The monoisotopic (exact) mass is 290 g/mol. The molecule has 106 valence electrons. The first kappa shape index (κ1) is 14.7. The second-order valence-electron chi connectivity index (χ2n) is 4.54. The van der Waals surface area contributed by atoms with E-state index in [2.05, 4.69) is 10.5 Å². The third kappa shape index (κ3) is 4.13. The second-order valence-corrected chi connectivity index (χ2v) is 5.73. The molecule has 0 fully saturated rings. The predicted molar refractivity (Wildman–Crippen MR) is 80.5 cm³/mol. The number of nitrogens with zero attached hydrogens (tertiary/aromatic N) is 1. The number of aryl methyl sites for hydroxylation is 1. The zero-order chi connectivity index (χ0) is 14.4. The molecule has 20 heavy (non-hydrogen) atoms. The molecule has 0 aliphatic carbocycles. The number of rotatable bonds is 6. The molecule has 0 unspecified atom stereocenters. The number of aromatic nitrogens is 1. The summed E-state index contributed by atoms with van der Waals surface area (Å²) in [6.07, 6.45) is 0.707. The molecule has 0 aliphatic rings. The van der Waals surface area contributed by atoms with Gasteiger partial charge in [0.1, 0.15) is 5.76 Å². The molecule has 1 aromatic heterocycles. The Bertz CT molecular complexity index is 554. The van der Waals surface area contributed by atoms with E-state index in [1.165, 1.54) is 0 Å². The fourth-order valence-corrected chi connectivity index (χ4v) is 2.96. The summed E-state index contributed by atoms with van der Waals surface area (Å²) in [6, 6.07) is 11.9. The van der Waals surface area contributed by atoms with Gasteiger partial charge >= 0.3 is 0 Å². The first-order valence-corrected chi connectivity index (χ1v) is 7.53. The van der Waals surface area contributed by atoms with E-state index in [4.69, 9.17) is 4.52 Å². The van der Waals surface area contributed by atoms with Gasteiger partial charge in [0.2, 0.25) is 5.91 Å². The van der Waals surface area contributed by atoms with Crippen LogP contribution in [0.2, 0.25) is 0 Å². The topological polar surface area (TPSA) is 55.1 Å². The second kappa shape index (κ2) is 7.14. The van der Waals surface area contributed by atoms with Crippen molar-refractivity contribution >= 4 is 17.7 Å². The maximum atomic E-state index is 12.0. The summed E-state index contributed by atoms with van der Waals surface area (Å²) >= 11 is 1.57. The van der Waals surface area contributed by atoms with E-state index in [-0.39, 0.29) is 11.2 Å². The molecule has 4 nitrogen and oxygen atoms in total. The fourth-order valence-electron chi connectivity index (χ4n) is 1.88. The summed E-state index contributed by atoms with van der Waals surface area (Å²) < 4.78 is 5.18. The van der Waals surface area contributed by atoms with Crippen LogP contribution < -0.4 is 5.32 Å². The molecule has 0 aliphatic heterocycles. The third-order valence-electron chi connectivity index (χ3n) is 2.91. The molecule has 0 saturated carbocycles. The maximum Gasteiger partial charge on any atom is 0.233 e. The Morgan fingerprint density at radius 3 is 2.75 bits per heavy atom. The van der Waals surface area contributed by atoms with Gasteiger partial charge in [-0.05, 0) is 18.9 Å². The average Bonchev–Trinajstić information content (AvgIpc) is 2.89. The minimum absolute atomic E-state index is 0.0371. The van der Waals surface area contributed by atoms with Crippen molar-refractivity contribution in [2.24, 2.45) is 0 Å². The van der Waals surface area contributed by atoms with Crippen LogP contribution in [0.3, 0.4) is 0 Å². The Kier molecular flexibility index (Phi) is 5.24. The SMILES string of the molecule is CNC(=O)[C@H](Cc1ccccc1)SCc1cc(C)no1. The highest BCUT2D eigenvalue weighted by Crippen LogP contribution is 2.22. The van der Waals surface area contributed by atoms with Crippen molar-refractivity contribution in [1.82, 2.24) is 10.5 Å². The van der Waals surface area contributed by atoms with E-state index >= 15 is 0 Å². The standard InChI is InChI=1S/C15H18N2O2S/c1-11-8-13(19-17-11)10-20-14(15(18)16-2)9-12-6-4-3-5-7-12/h3-8,14H,9-10H2,1-2H3,(H,16,18)/t14-/m0/s1. The molecule has 0 radical (unpaired) electrons. The third-order valence-corrected chi connectivity index (χ3v) is 4.14. The van der Waals surface area contributed by atoms with Crippen LogP contribution in [0.5, 0.6) is 0 Å². The van der Waals surface area contributed by atoms with Crippen molar-refractivity contribution in [1.29, 1.82) is 0 Å². The number of benzene rings is 1. The first-order chi connectivity index (χ1) is 9.69. The van der Waals surface area contributed by atoms with Crippen molar-refractivity contribution in [2.75, 3.05) is 7.05 Å². The maximum absolute atomic E-state index is 12.0.